The fourth-order valence-corrected chi connectivity index (χ4v) is 2.89. The second-order valence-corrected chi connectivity index (χ2v) is 7.64. The van der Waals surface area contributed by atoms with Crippen LogP contribution in [0, 0.1) is 11.6 Å². The number of carbonyl (C=O) groups excluding carboxylic acids is 1. The first kappa shape index (κ1) is 21.1. The summed E-state index contributed by atoms with van der Waals surface area (Å²) in [7, 11) is 0. The van der Waals surface area contributed by atoms with Crippen molar-refractivity contribution in [2.45, 2.75) is 52.6 Å². The summed E-state index contributed by atoms with van der Waals surface area (Å²) >= 11 is 5.69. The zero-order valence-corrected chi connectivity index (χ0v) is 16.7. The third-order valence-corrected chi connectivity index (χ3v) is 4.85. The van der Waals surface area contributed by atoms with Gasteiger partial charge in [0.25, 0.3) is 5.91 Å². The zero-order chi connectivity index (χ0) is 20.4. The van der Waals surface area contributed by atoms with Gasteiger partial charge in [0, 0.05) is 34.9 Å². The molecule has 1 aromatic carbocycles. The molecule has 1 amide bonds. The van der Waals surface area contributed by atoms with E-state index in [1.807, 2.05) is 13.8 Å². The molecule has 1 aliphatic rings. The molecule has 4 nitrogen and oxygen atoms in total. The molecule has 0 aliphatic heterocycles. The summed E-state index contributed by atoms with van der Waals surface area (Å²) in [5.41, 5.74) is 1.98. The standard InChI is InChI=1S/C20H24ClF2N3O/c1-11(2)17(12(3)18(24-5)26-20(4)6-7-20)19(27)25-10-13-8-14(21)16(23)9-15(13)22/h8-9,26H,5-7,10H2,1-4H3,(H,25,27)/b18-12-. The highest BCUT2D eigenvalue weighted by atomic mass is 35.5. The number of aliphatic imine (C=N–C) groups is 1. The monoisotopic (exact) mass is 395 g/mol. The Hall–Kier alpha value is -2.21. The van der Waals surface area contributed by atoms with Gasteiger partial charge in [-0.2, -0.15) is 0 Å². The average molecular weight is 396 g/mol. The summed E-state index contributed by atoms with van der Waals surface area (Å²) in [6.07, 6.45) is 2.06. The van der Waals surface area contributed by atoms with E-state index in [1.54, 1.807) is 6.92 Å². The summed E-state index contributed by atoms with van der Waals surface area (Å²) < 4.78 is 27.1. The smallest absolute Gasteiger partial charge is 0.251 e. The maximum atomic E-state index is 13.9. The van der Waals surface area contributed by atoms with Crippen molar-refractivity contribution < 1.29 is 13.6 Å². The number of hydrogen-bond acceptors (Lipinski definition) is 3. The minimum absolute atomic E-state index is 0.0188. The number of amides is 1. The first-order valence-electron chi connectivity index (χ1n) is 8.63. The van der Waals surface area contributed by atoms with Gasteiger partial charge in [0.05, 0.1) is 5.02 Å². The molecule has 0 bridgehead atoms. The molecule has 0 spiro atoms. The zero-order valence-electron chi connectivity index (χ0n) is 16.0. The van der Waals surface area contributed by atoms with Gasteiger partial charge in [-0.05, 0) is 53.3 Å². The maximum absolute atomic E-state index is 13.9. The van der Waals surface area contributed by atoms with E-state index in [9.17, 15) is 13.6 Å². The summed E-state index contributed by atoms with van der Waals surface area (Å²) in [6, 6.07) is 1.88. The predicted molar refractivity (Wildman–Crippen MR) is 105 cm³/mol. The quantitative estimate of drug-likeness (QED) is 0.306. The number of nitrogens with one attached hydrogen (secondary N) is 2. The first-order chi connectivity index (χ1) is 12.6. The number of hydrogen-bond donors (Lipinski definition) is 2. The summed E-state index contributed by atoms with van der Waals surface area (Å²) in [6.45, 7) is 11.0. The molecular weight excluding hydrogens is 372 g/mol. The van der Waals surface area contributed by atoms with Crippen molar-refractivity contribution in [3.8, 4) is 0 Å². The molecule has 0 radical (unpaired) electrons. The van der Waals surface area contributed by atoms with Crippen molar-refractivity contribution in [1.82, 2.24) is 10.6 Å². The van der Waals surface area contributed by atoms with Crippen molar-refractivity contribution in [3.05, 3.63) is 56.9 Å². The van der Waals surface area contributed by atoms with Crippen LogP contribution in [-0.4, -0.2) is 18.2 Å². The van der Waals surface area contributed by atoms with Crippen LogP contribution in [0.2, 0.25) is 5.02 Å². The molecule has 7 heteroatoms. The van der Waals surface area contributed by atoms with Gasteiger partial charge < -0.3 is 10.6 Å². The molecule has 2 rings (SSSR count). The Morgan fingerprint density at radius 2 is 1.89 bits per heavy atom. The van der Waals surface area contributed by atoms with Gasteiger partial charge in [-0.25, -0.2) is 13.8 Å². The number of rotatable bonds is 7. The normalized spacial score (nSPS) is 15.5. The van der Waals surface area contributed by atoms with Gasteiger partial charge in [-0.3, -0.25) is 4.79 Å². The van der Waals surface area contributed by atoms with Crippen molar-refractivity contribution in [2.24, 2.45) is 4.99 Å². The number of nitrogens with zero attached hydrogens (tertiary/aromatic N) is 1. The lowest BCUT2D eigenvalue weighted by atomic mass is 10.0. The van der Waals surface area contributed by atoms with Crippen LogP contribution in [0.4, 0.5) is 8.78 Å². The lowest BCUT2D eigenvalue weighted by molar-refractivity contribution is -0.117. The van der Waals surface area contributed by atoms with Crippen LogP contribution in [0.15, 0.2) is 39.7 Å². The van der Waals surface area contributed by atoms with Crippen molar-refractivity contribution >= 4 is 24.2 Å². The average Bonchev–Trinajstić information content (AvgIpc) is 3.32. The second-order valence-electron chi connectivity index (χ2n) is 7.23. The van der Waals surface area contributed by atoms with Crippen LogP contribution in [-0.2, 0) is 11.3 Å². The molecule has 2 N–H and O–H groups in total. The van der Waals surface area contributed by atoms with Gasteiger partial charge in [-0.1, -0.05) is 17.2 Å². The van der Waals surface area contributed by atoms with Gasteiger partial charge in [0.2, 0.25) is 0 Å². The van der Waals surface area contributed by atoms with Crippen LogP contribution in [0.25, 0.3) is 0 Å². The van der Waals surface area contributed by atoms with Gasteiger partial charge in [-0.15, -0.1) is 0 Å². The Bertz CT molecular complexity index is 838. The molecule has 0 saturated heterocycles. The minimum Gasteiger partial charge on any atom is -0.365 e. The van der Waals surface area contributed by atoms with Crippen LogP contribution in [0.1, 0.15) is 46.1 Å². The third-order valence-electron chi connectivity index (χ3n) is 4.56. The summed E-state index contributed by atoms with van der Waals surface area (Å²) in [5.74, 6) is -1.43. The molecule has 0 heterocycles. The Labute approximate surface area is 163 Å². The number of benzene rings is 1. The van der Waals surface area contributed by atoms with E-state index in [2.05, 4.69) is 29.3 Å². The van der Waals surface area contributed by atoms with E-state index in [-0.39, 0.29) is 28.6 Å². The second kappa shape index (κ2) is 8.21. The first-order valence-corrected chi connectivity index (χ1v) is 9.01. The largest absolute Gasteiger partial charge is 0.365 e. The van der Waals surface area contributed by atoms with E-state index < -0.39 is 11.6 Å². The molecule has 0 unspecified atom stereocenters. The molecule has 1 fully saturated rings. The molecule has 1 aliphatic carbocycles. The molecule has 0 atom stereocenters. The molecule has 146 valence electrons. The van der Waals surface area contributed by atoms with Crippen molar-refractivity contribution in [3.63, 3.8) is 0 Å². The van der Waals surface area contributed by atoms with E-state index in [4.69, 9.17) is 11.6 Å². The Kier molecular flexibility index (Phi) is 6.42. The van der Waals surface area contributed by atoms with E-state index >= 15 is 0 Å². The van der Waals surface area contributed by atoms with Crippen LogP contribution in [0.5, 0.6) is 0 Å². The molecular formula is C20H24ClF2N3O. The SMILES string of the molecule is C=N/C(NC1(C)CC1)=C(\C)C(C(=O)NCc1cc(Cl)c(F)cc1F)=C(C)C. The van der Waals surface area contributed by atoms with E-state index in [0.29, 0.717) is 23.0 Å². The lowest BCUT2D eigenvalue weighted by Gasteiger charge is -2.18. The highest BCUT2D eigenvalue weighted by Crippen LogP contribution is 2.36. The predicted octanol–water partition coefficient (Wildman–Crippen LogP) is 4.65. The number of halogens is 3. The van der Waals surface area contributed by atoms with Gasteiger partial charge >= 0.3 is 0 Å². The maximum Gasteiger partial charge on any atom is 0.251 e. The van der Waals surface area contributed by atoms with Gasteiger partial charge in [0.15, 0.2) is 0 Å². The number of carbonyl (C=O) groups is 1. The van der Waals surface area contributed by atoms with Crippen LogP contribution >= 0.6 is 11.6 Å². The Morgan fingerprint density at radius 1 is 1.26 bits per heavy atom. The highest BCUT2D eigenvalue weighted by Gasteiger charge is 2.38. The number of allylic oxidation sites excluding steroid dienone is 1. The van der Waals surface area contributed by atoms with E-state index in [0.717, 1.165) is 18.4 Å². The Balaban J connectivity index is 2.22. The summed E-state index contributed by atoms with van der Waals surface area (Å²) in [4.78, 5) is 16.8. The van der Waals surface area contributed by atoms with Crippen molar-refractivity contribution in [2.75, 3.05) is 0 Å². The van der Waals surface area contributed by atoms with E-state index in [1.165, 1.54) is 6.07 Å². The molecule has 27 heavy (non-hydrogen) atoms. The highest BCUT2D eigenvalue weighted by molar-refractivity contribution is 6.30. The van der Waals surface area contributed by atoms with Crippen molar-refractivity contribution in [1.29, 1.82) is 0 Å². The molecule has 1 aromatic rings. The van der Waals surface area contributed by atoms with Crippen LogP contribution < -0.4 is 10.6 Å². The Morgan fingerprint density at radius 3 is 2.41 bits per heavy atom. The minimum atomic E-state index is -0.839. The fraction of sp³-hybridized carbons (Fsp3) is 0.400. The fourth-order valence-electron chi connectivity index (χ4n) is 2.70. The lowest BCUT2D eigenvalue weighted by Crippen LogP contribution is -2.30. The molecule has 0 aromatic heterocycles. The van der Waals surface area contributed by atoms with Crippen LogP contribution in [0.3, 0.4) is 0 Å². The summed E-state index contributed by atoms with van der Waals surface area (Å²) in [5, 5.41) is 5.79. The topological polar surface area (TPSA) is 53.5 Å². The third kappa shape index (κ3) is 5.16. The van der Waals surface area contributed by atoms with Gasteiger partial charge in [0.1, 0.15) is 17.5 Å². The molecule has 1 saturated carbocycles.